The molecule has 0 aliphatic carbocycles. The van der Waals surface area contributed by atoms with E-state index >= 15 is 0 Å². The van der Waals surface area contributed by atoms with Crippen LogP contribution in [0.3, 0.4) is 0 Å². The number of benzene rings is 1. The van der Waals surface area contributed by atoms with Crippen LogP contribution >= 0.6 is 0 Å². The highest BCUT2D eigenvalue weighted by Gasteiger charge is 2.18. The lowest BCUT2D eigenvalue weighted by molar-refractivity contribution is 0.195. The molecule has 0 bridgehead atoms. The van der Waals surface area contributed by atoms with Crippen molar-refractivity contribution in [2.24, 2.45) is 0 Å². The fourth-order valence-electron chi connectivity index (χ4n) is 1.80. The van der Waals surface area contributed by atoms with E-state index in [4.69, 9.17) is 14.7 Å². The van der Waals surface area contributed by atoms with E-state index in [1.165, 1.54) is 0 Å². The molecule has 0 aromatic heterocycles. The average Bonchev–Trinajstić information content (AvgIpc) is 2.82. The summed E-state index contributed by atoms with van der Waals surface area (Å²) in [5.41, 5.74) is 1.37. The second-order valence-corrected chi connectivity index (χ2v) is 3.70. The second kappa shape index (κ2) is 4.86. The molecule has 1 heterocycles. The first-order chi connectivity index (χ1) is 7.85. The number of hydrogen-bond acceptors (Lipinski definition) is 4. The number of methoxy groups -OCH3 is 1. The molecule has 4 nitrogen and oxygen atoms in total. The van der Waals surface area contributed by atoms with E-state index in [1.807, 2.05) is 12.1 Å². The van der Waals surface area contributed by atoms with Crippen LogP contribution in [0.4, 0.5) is 5.69 Å². The lowest BCUT2D eigenvalue weighted by Crippen LogP contribution is -2.20. The molecule has 1 aromatic rings. The van der Waals surface area contributed by atoms with Crippen molar-refractivity contribution in [1.82, 2.24) is 0 Å². The predicted octanol–water partition coefficient (Wildman–Crippen LogP) is 1.77. The Kier molecular flexibility index (Phi) is 3.28. The SMILES string of the molecule is COc1cccc(C#N)c1NC1CCOC1. The maximum atomic E-state index is 9.04. The third-order valence-electron chi connectivity index (χ3n) is 2.64. The summed E-state index contributed by atoms with van der Waals surface area (Å²) in [6.45, 7) is 1.46. The Morgan fingerprint density at radius 2 is 2.44 bits per heavy atom. The first-order valence-electron chi connectivity index (χ1n) is 5.26. The number of anilines is 1. The number of ether oxygens (including phenoxy) is 2. The van der Waals surface area contributed by atoms with Gasteiger partial charge in [0, 0.05) is 6.61 Å². The summed E-state index contributed by atoms with van der Waals surface area (Å²) in [7, 11) is 1.60. The fourth-order valence-corrected chi connectivity index (χ4v) is 1.80. The van der Waals surface area contributed by atoms with E-state index < -0.39 is 0 Å². The number of hydrogen-bond donors (Lipinski definition) is 1. The zero-order valence-corrected chi connectivity index (χ0v) is 9.19. The molecule has 84 valence electrons. The molecule has 1 aliphatic heterocycles. The molecule has 1 atom stereocenters. The van der Waals surface area contributed by atoms with E-state index in [-0.39, 0.29) is 6.04 Å². The second-order valence-electron chi connectivity index (χ2n) is 3.70. The summed E-state index contributed by atoms with van der Waals surface area (Å²) in [4.78, 5) is 0. The Bertz CT molecular complexity index is 406. The van der Waals surface area contributed by atoms with Gasteiger partial charge >= 0.3 is 0 Å². The van der Waals surface area contributed by atoms with Crippen LogP contribution in [0.5, 0.6) is 5.75 Å². The summed E-state index contributed by atoms with van der Waals surface area (Å²) < 4.78 is 10.5. The van der Waals surface area contributed by atoms with Crippen molar-refractivity contribution in [3.05, 3.63) is 23.8 Å². The van der Waals surface area contributed by atoms with Gasteiger partial charge in [0.15, 0.2) is 0 Å². The lowest BCUT2D eigenvalue weighted by Gasteiger charge is -2.16. The van der Waals surface area contributed by atoms with Crippen molar-refractivity contribution >= 4 is 5.69 Å². The number of para-hydroxylation sites is 1. The Morgan fingerprint density at radius 1 is 1.56 bits per heavy atom. The average molecular weight is 218 g/mol. The molecule has 1 N–H and O–H groups in total. The molecule has 16 heavy (non-hydrogen) atoms. The molecule has 0 radical (unpaired) electrons. The number of nitrogens with zero attached hydrogens (tertiary/aromatic N) is 1. The van der Waals surface area contributed by atoms with Gasteiger partial charge in [0.05, 0.1) is 31.0 Å². The minimum Gasteiger partial charge on any atom is -0.495 e. The van der Waals surface area contributed by atoms with E-state index in [9.17, 15) is 0 Å². The standard InChI is InChI=1S/C12H14N2O2/c1-15-11-4-2-3-9(7-13)12(11)14-10-5-6-16-8-10/h2-4,10,14H,5-6,8H2,1H3. The Hall–Kier alpha value is -1.73. The molecule has 1 saturated heterocycles. The monoisotopic (exact) mass is 218 g/mol. The Morgan fingerprint density at radius 3 is 3.06 bits per heavy atom. The van der Waals surface area contributed by atoms with Crippen molar-refractivity contribution in [3.63, 3.8) is 0 Å². The highest BCUT2D eigenvalue weighted by molar-refractivity contribution is 5.66. The quantitative estimate of drug-likeness (QED) is 0.840. The van der Waals surface area contributed by atoms with Gasteiger partial charge in [-0.1, -0.05) is 6.07 Å². The number of rotatable bonds is 3. The minimum absolute atomic E-state index is 0.267. The van der Waals surface area contributed by atoms with Gasteiger partial charge in [-0.05, 0) is 18.6 Å². The highest BCUT2D eigenvalue weighted by Crippen LogP contribution is 2.29. The topological polar surface area (TPSA) is 54.3 Å². The fraction of sp³-hybridized carbons (Fsp3) is 0.417. The molecule has 1 fully saturated rings. The molecular formula is C12H14N2O2. The van der Waals surface area contributed by atoms with E-state index in [0.29, 0.717) is 17.9 Å². The van der Waals surface area contributed by atoms with Crippen LogP contribution in [-0.4, -0.2) is 26.4 Å². The summed E-state index contributed by atoms with van der Waals surface area (Å²) in [6.07, 6.45) is 0.961. The van der Waals surface area contributed by atoms with Crippen molar-refractivity contribution in [2.75, 3.05) is 25.6 Å². The molecule has 0 saturated carbocycles. The summed E-state index contributed by atoms with van der Waals surface area (Å²) >= 11 is 0. The van der Waals surface area contributed by atoms with Crippen molar-refractivity contribution in [3.8, 4) is 11.8 Å². The molecule has 0 amide bonds. The van der Waals surface area contributed by atoms with Gasteiger partial charge in [-0.15, -0.1) is 0 Å². The molecule has 1 aromatic carbocycles. The van der Waals surface area contributed by atoms with Crippen LogP contribution in [-0.2, 0) is 4.74 Å². The number of nitriles is 1. The highest BCUT2D eigenvalue weighted by atomic mass is 16.5. The van der Waals surface area contributed by atoms with Crippen molar-refractivity contribution < 1.29 is 9.47 Å². The zero-order chi connectivity index (χ0) is 11.4. The molecule has 1 aliphatic rings. The minimum atomic E-state index is 0.267. The van der Waals surface area contributed by atoms with Crippen LogP contribution in [0.2, 0.25) is 0 Å². The van der Waals surface area contributed by atoms with Crippen molar-refractivity contribution in [2.45, 2.75) is 12.5 Å². The van der Waals surface area contributed by atoms with Gasteiger partial charge in [0.25, 0.3) is 0 Å². The van der Waals surface area contributed by atoms with Gasteiger partial charge in [-0.3, -0.25) is 0 Å². The van der Waals surface area contributed by atoms with Crippen LogP contribution in [0.25, 0.3) is 0 Å². The molecule has 1 unspecified atom stereocenters. The van der Waals surface area contributed by atoms with Crippen LogP contribution < -0.4 is 10.1 Å². The van der Waals surface area contributed by atoms with E-state index in [2.05, 4.69) is 11.4 Å². The lowest BCUT2D eigenvalue weighted by atomic mass is 10.1. The van der Waals surface area contributed by atoms with E-state index in [0.717, 1.165) is 18.7 Å². The van der Waals surface area contributed by atoms with Crippen LogP contribution in [0.15, 0.2) is 18.2 Å². The van der Waals surface area contributed by atoms with Crippen LogP contribution in [0, 0.1) is 11.3 Å². The summed E-state index contributed by atoms with van der Waals surface area (Å²) in [5.74, 6) is 0.700. The van der Waals surface area contributed by atoms with E-state index in [1.54, 1.807) is 13.2 Å². The first kappa shape index (κ1) is 10.8. The van der Waals surface area contributed by atoms with Crippen LogP contribution in [0.1, 0.15) is 12.0 Å². The van der Waals surface area contributed by atoms with Crippen molar-refractivity contribution in [1.29, 1.82) is 5.26 Å². The maximum absolute atomic E-state index is 9.04. The Balaban J connectivity index is 2.26. The Labute approximate surface area is 94.8 Å². The smallest absolute Gasteiger partial charge is 0.143 e. The molecule has 4 heteroatoms. The summed E-state index contributed by atoms with van der Waals surface area (Å²) in [6, 6.07) is 7.87. The van der Waals surface area contributed by atoms with Gasteiger partial charge in [-0.2, -0.15) is 5.26 Å². The third-order valence-corrected chi connectivity index (χ3v) is 2.64. The maximum Gasteiger partial charge on any atom is 0.143 e. The normalized spacial score (nSPS) is 19.1. The van der Waals surface area contributed by atoms with Gasteiger partial charge in [-0.25, -0.2) is 0 Å². The molecule has 2 rings (SSSR count). The molecule has 0 spiro atoms. The first-order valence-corrected chi connectivity index (χ1v) is 5.26. The third kappa shape index (κ3) is 2.10. The van der Waals surface area contributed by atoms with Gasteiger partial charge in [0.1, 0.15) is 11.8 Å². The number of nitrogens with one attached hydrogen (secondary N) is 1. The molecular weight excluding hydrogens is 204 g/mol. The van der Waals surface area contributed by atoms with Gasteiger partial charge < -0.3 is 14.8 Å². The van der Waals surface area contributed by atoms with Gasteiger partial charge in [0.2, 0.25) is 0 Å². The largest absolute Gasteiger partial charge is 0.495 e. The zero-order valence-electron chi connectivity index (χ0n) is 9.19. The summed E-state index contributed by atoms with van der Waals surface area (Å²) in [5, 5.41) is 12.3. The predicted molar refractivity (Wildman–Crippen MR) is 60.6 cm³/mol.